The summed E-state index contributed by atoms with van der Waals surface area (Å²) in [5.74, 6) is 0.362. The van der Waals surface area contributed by atoms with Crippen molar-refractivity contribution < 1.29 is 14.2 Å². The molecule has 0 heterocycles. The molecule has 0 saturated carbocycles. The SMILES string of the molecule is COc1ccc(CC(C)(O)CNCC(C)C)cc1F. The quantitative estimate of drug-likeness (QED) is 0.798. The Labute approximate surface area is 114 Å². The van der Waals surface area contributed by atoms with Crippen LogP contribution < -0.4 is 10.1 Å². The fraction of sp³-hybridized carbons (Fsp3) is 0.600. The van der Waals surface area contributed by atoms with Gasteiger partial charge in [0.25, 0.3) is 0 Å². The van der Waals surface area contributed by atoms with Crippen LogP contribution in [0, 0.1) is 11.7 Å². The van der Waals surface area contributed by atoms with Gasteiger partial charge in [-0.15, -0.1) is 0 Å². The lowest BCUT2D eigenvalue weighted by Crippen LogP contribution is -2.40. The van der Waals surface area contributed by atoms with E-state index in [1.165, 1.54) is 13.2 Å². The molecular formula is C15H24FNO2. The molecule has 1 aromatic carbocycles. The predicted octanol–water partition coefficient (Wildman–Crippen LogP) is 2.37. The summed E-state index contributed by atoms with van der Waals surface area (Å²) in [6.45, 7) is 7.32. The van der Waals surface area contributed by atoms with E-state index in [1.54, 1.807) is 19.1 Å². The molecule has 0 aromatic heterocycles. The van der Waals surface area contributed by atoms with Crippen molar-refractivity contribution in [2.75, 3.05) is 20.2 Å². The molecule has 19 heavy (non-hydrogen) atoms. The van der Waals surface area contributed by atoms with Crippen LogP contribution in [0.5, 0.6) is 5.75 Å². The number of nitrogens with one attached hydrogen (secondary N) is 1. The van der Waals surface area contributed by atoms with Crippen LogP contribution in [0.15, 0.2) is 18.2 Å². The van der Waals surface area contributed by atoms with E-state index in [0.29, 0.717) is 18.9 Å². The van der Waals surface area contributed by atoms with E-state index in [4.69, 9.17) is 4.74 Å². The van der Waals surface area contributed by atoms with Gasteiger partial charge in [-0.25, -0.2) is 4.39 Å². The second-order valence-corrected chi connectivity index (χ2v) is 5.67. The maximum Gasteiger partial charge on any atom is 0.165 e. The van der Waals surface area contributed by atoms with E-state index in [1.807, 2.05) is 0 Å². The summed E-state index contributed by atoms with van der Waals surface area (Å²) in [5.41, 5.74) is -0.134. The third-order valence-electron chi connectivity index (χ3n) is 2.86. The summed E-state index contributed by atoms with van der Waals surface area (Å²) in [4.78, 5) is 0. The first-order valence-corrected chi connectivity index (χ1v) is 6.59. The van der Waals surface area contributed by atoms with Crippen LogP contribution in [-0.2, 0) is 6.42 Å². The number of hydrogen-bond donors (Lipinski definition) is 2. The Morgan fingerprint density at radius 3 is 2.63 bits per heavy atom. The van der Waals surface area contributed by atoms with Crippen LogP contribution in [0.25, 0.3) is 0 Å². The fourth-order valence-corrected chi connectivity index (χ4v) is 1.95. The lowest BCUT2D eigenvalue weighted by Gasteiger charge is -2.24. The van der Waals surface area contributed by atoms with Crippen LogP contribution in [0.4, 0.5) is 4.39 Å². The molecular weight excluding hydrogens is 245 g/mol. The molecule has 108 valence electrons. The molecule has 0 aliphatic rings. The van der Waals surface area contributed by atoms with E-state index in [9.17, 15) is 9.50 Å². The summed E-state index contributed by atoms with van der Waals surface area (Å²) in [6.07, 6.45) is 0.402. The Morgan fingerprint density at radius 2 is 2.11 bits per heavy atom. The first kappa shape index (κ1) is 15.9. The minimum absolute atomic E-state index is 0.223. The van der Waals surface area contributed by atoms with Crippen molar-refractivity contribution in [1.82, 2.24) is 5.32 Å². The van der Waals surface area contributed by atoms with Crippen molar-refractivity contribution in [2.24, 2.45) is 5.92 Å². The normalized spacial score (nSPS) is 14.5. The molecule has 2 N–H and O–H groups in total. The Morgan fingerprint density at radius 1 is 1.42 bits per heavy atom. The van der Waals surface area contributed by atoms with E-state index in [2.05, 4.69) is 19.2 Å². The third kappa shape index (κ3) is 5.57. The van der Waals surface area contributed by atoms with Crippen molar-refractivity contribution in [3.05, 3.63) is 29.6 Å². The minimum Gasteiger partial charge on any atom is -0.494 e. The minimum atomic E-state index is -0.893. The van der Waals surface area contributed by atoms with Crippen LogP contribution >= 0.6 is 0 Å². The molecule has 1 unspecified atom stereocenters. The molecule has 0 fully saturated rings. The summed E-state index contributed by atoms with van der Waals surface area (Å²) >= 11 is 0. The molecule has 1 rings (SSSR count). The molecule has 0 aliphatic carbocycles. The highest BCUT2D eigenvalue weighted by Gasteiger charge is 2.21. The molecule has 0 bridgehead atoms. The molecule has 0 saturated heterocycles. The topological polar surface area (TPSA) is 41.5 Å². The van der Waals surface area contributed by atoms with Gasteiger partial charge in [0.1, 0.15) is 0 Å². The zero-order valence-corrected chi connectivity index (χ0v) is 12.2. The second-order valence-electron chi connectivity index (χ2n) is 5.67. The van der Waals surface area contributed by atoms with E-state index in [0.717, 1.165) is 12.1 Å². The Balaban J connectivity index is 2.59. The summed E-state index contributed by atoms with van der Waals surface area (Å²) in [6, 6.07) is 4.77. The highest BCUT2D eigenvalue weighted by molar-refractivity contribution is 5.30. The van der Waals surface area contributed by atoms with Crippen LogP contribution in [0.2, 0.25) is 0 Å². The van der Waals surface area contributed by atoms with E-state index in [-0.39, 0.29) is 5.75 Å². The van der Waals surface area contributed by atoms with Crippen molar-refractivity contribution in [3.8, 4) is 5.75 Å². The number of benzene rings is 1. The monoisotopic (exact) mass is 269 g/mol. The molecule has 0 radical (unpaired) electrons. The average Bonchev–Trinajstić information content (AvgIpc) is 2.27. The lowest BCUT2D eigenvalue weighted by atomic mass is 9.96. The van der Waals surface area contributed by atoms with Crippen LogP contribution in [0.1, 0.15) is 26.3 Å². The summed E-state index contributed by atoms with van der Waals surface area (Å²) < 4.78 is 18.4. The maximum atomic E-state index is 13.6. The first-order valence-electron chi connectivity index (χ1n) is 6.59. The standard InChI is InChI=1S/C15H24FNO2/c1-11(2)9-17-10-15(3,18)8-12-5-6-14(19-4)13(16)7-12/h5-7,11,17-18H,8-10H2,1-4H3. The summed E-state index contributed by atoms with van der Waals surface area (Å²) in [7, 11) is 1.43. The zero-order chi connectivity index (χ0) is 14.5. The number of methoxy groups -OCH3 is 1. The van der Waals surface area contributed by atoms with Gasteiger partial charge in [0.05, 0.1) is 12.7 Å². The largest absolute Gasteiger partial charge is 0.494 e. The van der Waals surface area contributed by atoms with Gasteiger partial charge in [0.2, 0.25) is 0 Å². The predicted molar refractivity (Wildman–Crippen MR) is 75.0 cm³/mol. The molecule has 0 spiro atoms. The van der Waals surface area contributed by atoms with Gasteiger partial charge in [0.15, 0.2) is 11.6 Å². The van der Waals surface area contributed by atoms with Gasteiger partial charge in [-0.1, -0.05) is 19.9 Å². The Kier molecular flexibility index (Phi) is 5.76. The molecule has 0 amide bonds. The van der Waals surface area contributed by atoms with Crippen LogP contribution in [0.3, 0.4) is 0 Å². The van der Waals surface area contributed by atoms with Gasteiger partial charge < -0.3 is 15.2 Å². The third-order valence-corrected chi connectivity index (χ3v) is 2.86. The zero-order valence-electron chi connectivity index (χ0n) is 12.2. The number of rotatable bonds is 7. The Hall–Kier alpha value is -1.13. The first-order chi connectivity index (χ1) is 8.84. The van der Waals surface area contributed by atoms with Crippen LogP contribution in [-0.4, -0.2) is 30.9 Å². The number of halogens is 1. The second kappa shape index (κ2) is 6.87. The molecule has 1 aromatic rings. The fourth-order valence-electron chi connectivity index (χ4n) is 1.95. The van der Waals surface area contributed by atoms with Gasteiger partial charge in [0, 0.05) is 13.0 Å². The van der Waals surface area contributed by atoms with Crippen molar-refractivity contribution >= 4 is 0 Å². The average molecular weight is 269 g/mol. The van der Waals surface area contributed by atoms with Gasteiger partial charge in [-0.2, -0.15) is 0 Å². The number of hydrogen-bond acceptors (Lipinski definition) is 3. The molecule has 1 atom stereocenters. The maximum absolute atomic E-state index is 13.6. The van der Waals surface area contributed by atoms with Gasteiger partial charge in [-0.05, 0) is 37.1 Å². The van der Waals surface area contributed by atoms with Crippen molar-refractivity contribution in [2.45, 2.75) is 32.8 Å². The molecule has 0 aliphatic heterocycles. The summed E-state index contributed by atoms with van der Waals surface area (Å²) in [5, 5.41) is 13.5. The highest BCUT2D eigenvalue weighted by Crippen LogP contribution is 2.20. The van der Waals surface area contributed by atoms with E-state index >= 15 is 0 Å². The Bertz CT molecular complexity index is 405. The van der Waals surface area contributed by atoms with E-state index < -0.39 is 11.4 Å². The smallest absolute Gasteiger partial charge is 0.165 e. The number of ether oxygens (including phenoxy) is 1. The van der Waals surface area contributed by atoms with Crippen molar-refractivity contribution in [3.63, 3.8) is 0 Å². The molecule has 3 nitrogen and oxygen atoms in total. The molecule has 4 heteroatoms. The highest BCUT2D eigenvalue weighted by atomic mass is 19.1. The van der Waals surface area contributed by atoms with Gasteiger partial charge in [-0.3, -0.25) is 0 Å². The van der Waals surface area contributed by atoms with Crippen molar-refractivity contribution in [1.29, 1.82) is 0 Å². The number of aliphatic hydroxyl groups is 1. The van der Waals surface area contributed by atoms with Gasteiger partial charge >= 0.3 is 0 Å². The lowest BCUT2D eigenvalue weighted by molar-refractivity contribution is 0.0595.